The largest absolute Gasteiger partial charge is 0.481 e. The Bertz CT molecular complexity index is 692. The molecule has 0 radical (unpaired) electrons. The van der Waals surface area contributed by atoms with Crippen molar-refractivity contribution in [1.29, 1.82) is 5.26 Å². The Kier molecular flexibility index (Phi) is 3.96. The molecule has 0 bridgehead atoms. The molecule has 0 saturated heterocycles. The van der Waals surface area contributed by atoms with Gasteiger partial charge in [0.25, 0.3) is 0 Å². The van der Waals surface area contributed by atoms with Crippen LogP contribution in [0.25, 0.3) is 0 Å². The van der Waals surface area contributed by atoms with Crippen molar-refractivity contribution in [3.05, 3.63) is 59.4 Å². The highest BCUT2D eigenvalue weighted by atomic mass is 19.1. The average molecular weight is 271 g/mol. The summed E-state index contributed by atoms with van der Waals surface area (Å²) in [7, 11) is 0. The molecular weight excluding hydrogens is 261 g/mol. The maximum Gasteiger partial charge on any atom is 0.307 e. The van der Waals surface area contributed by atoms with E-state index in [1.165, 1.54) is 12.1 Å². The van der Waals surface area contributed by atoms with Crippen molar-refractivity contribution in [3.8, 4) is 17.6 Å². The Balaban J connectivity index is 2.31. The van der Waals surface area contributed by atoms with Crippen LogP contribution in [0.5, 0.6) is 11.5 Å². The molecule has 100 valence electrons. The van der Waals surface area contributed by atoms with Crippen LogP contribution in [-0.2, 0) is 11.2 Å². The lowest BCUT2D eigenvalue weighted by molar-refractivity contribution is -0.136. The van der Waals surface area contributed by atoms with Crippen molar-refractivity contribution >= 4 is 5.97 Å². The van der Waals surface area contributed by atoms with Gasteiger partial charge in [0.15, 0.2) is 11.6 Å². The van der Waals surface area contributed by atoms with Crippen LogP contribution < -0.4 is 4.74 Å². The maximum absolute atomic E-state index is 13.7. The molecule has 2 aromatic rings. The molecule has 0 spiro atoms. The maximum atomic E-state index is 13.7. The van der Waals surface area contributed by atoms with E-state index < -0.39 is 11.8 Å². The van der Waals surface area contributed by atoms with Gasteiger partial charge in [-0.15, -0.1) is 0 Å². The molecule has 1 N–H and O–H groups in total. The number of hydrogen-bond acceptors (Lipinski definition) is 3. The van der Waals surface area contributed by atoms with Gasteiger partial charge in [0.2, 0.25) is 0 Å². The lowest BCUT2D eigenvalue weighted by Gasteiger charge is -2.10. The van der Waals surface area contributed by atoms with Crippen LogP contribution in [0, 0.1) is 17.1 Å². The summed E-state index contributed by atoms with van der Waals surface area (Å²) in [6.07, 6.45) is -0.214. The number of benzene rings is 2. The minimum atomic E-state index is -0.999. The van der Waals surface area contributed by atoms with Crippen LogP contribution in [0.4, 0.5) is 4.39 Å². The van der Waals surface area contributed by atoms with E-state index in [1.54, 1.807) is 24.3 Å². The van der Waals surface area contributed by atoms with E-state index >= 15 is 0 Å². The van der Waals surface area contributed by atoms with E-state index in [2.05, 4.69) is 0 Å². The molecule has 0 aliphatic heterocycles. The SMILES string of the molecule is N#Cc1ccc(Oc2ccccc2CC(=O)O)c(F)c1. The predicted octanol–water partition coefficient (Wildman–Crippen LogP) is 3.12. The van der Waals surface area contributed by atoms with E-state index in [1.807, 2.05) is 6.07 Å². The lowest BCUT2D eigenvalue weighted by Crippen LogP contribution is -2.02. The van der Waals surface area contributed by atoms with Gasteiger partial charge in [-0.25, -0.2) is 4.39 Å². The molecule has 4 nitrogen and oxygen atoms in total. The van der Waals surface area contributed by atoms with Crippen molar-refractivity contribution in [2.45, 2.75) is 6.42 Å². The van der Waals surface area contributed by atoms with Gasteiger partial charge in [-0.2, -0.15) is 5.26 Å². The molecule has 2 aromatic carbocycles. The van der Waals surface area contributed by atoms with E-state index in [0.717, 1.165) is 6.07 Å². The highest BCUT2D eigenvalue weighted by Crippen LogP contribution is 2.28. The molecule has 5 heteroatoms. The number of nitriles is 1. The number of para-hydroxylation sites is 1. The zero-order chi connectivity index (χ0) is 14.5. The molecule has 0 saturated carbocycles. The van der Waals surface area contributed by atoms with E-state index in [0.29, 0.717) is 5.56 Å². The number of halogens is 1. The third-order valence-electron chi connectivity index (χ3n) is 2.60. The molecule has 0 aromatic heterocycles. The standard InChI is InChI=1S/C15H10FNO3/c16-12-7-10(9-17)5-6-14(12)20-13-4-2-1-3-11(13)8-15(18)19/h1-7H,8H2,(H,18,19). The second-order valence-corrected chi connectivity index (χ2v) is 4.04. The van der Waals surface area contributed by atoms with Gasteiger partial charge < -0.3 is 9.84 Å². The van der Waals surface area contributed by atoms with Crippen LogP contribution in [0.3, 0.4) is 0 Å². The fourth-order valence-corrected chi connectivity index (χ4v) is 1.68. The van der Waals surface area contributed by atoms with Crippen LogP contribution >= 0.6 is 0 Å². The van der Waals surface area contributed by atoms with Crippen LogP contribution in [0.2, 0.25) is 0 Å². The number of carbonyl (C=O) groups is 1. The smallest absolute Gasteiger partial charge is 0.307 e. The fourth-order valence-electron chi connectivity index (χ4n) is 1.68. The quantitative estimate of drug-likeness (QED) is 0.927. The molecule has 2 rings (SSSR count). The van der Waals surface area contributed by atoms with Crippen molar-refractivity contribution in [2.24, 2.45) is 0 Å². The van der Waals surface area contributed by atoms with Crippen LogP contribution in [0.15, 0.2) is 42.5 Å². The molecule has 0 heterocycles. The van der Waals surface area contributed by atoms with E-state index in [9.17, 15) is 9.18 Å². The lowest BCUT2D eigenvalue weighted by atomic mass is 10.1. The number of nitrogens with zero attached hydrogens (tertiary/aromatic N) is 1. The first-order valence-corrected chi connectivity index (χ1v) is 5.77. The Labute approximate surface area is 114 Å². The summed E-state index contributed by atoms with van der Waals surface area (Å²) in [5, 5.41) is 17.5. The second-order valence-electron chi connectivity index (χ2n) is 4.04. The molecule has 0 atom stereocenters. The first kappa shape index (κ1) is 13.6. The van der Waals surface area contributed by atoms with Crippen molar-refractivity contribution in [3.63, 3.8) is 0 Å². The number of aliphatic carboxylic acids is 1. The molecule has 0 aliphatic carbocycles. The molecule has 0 aliphatic rings. The molecule has 20 heavy (non-hydrogen) atoms. The predicted molar refractivity (Wildman–Crippen MR) is 69.0 cm³/mol. The summed E-state index contributed by atoms with van der Waals surface area (Å²) >= 11 is 0. The summed E-state index contributed by atoms with van der Waals surface area (Å²) in [6.45, 7) is 0. The fraction of sp³-hybridized carbons (Fsp3) is 0.0667. The van der Waals surface area contributed by atoms with Gasteiger partial charge in [-0.05, 0) is 24.3 Å². The average Bonchev–Trinajstić information content (AvgIpc) is 2.42. The second kappa shape index (κ2) is 5.85. The number of carboxylic acids is 1. The third kappa shape index (κ3) is 3.12. The van der Waals surface area contributed by atoms with Crippen molar-refractivity contribution in [2.75, 3.05) is 0 Å². The zero-order valence-electron chi connectivity index (χ0n) is 10.3. The summed E-state index contributed by atoms with van der Waals surface area (Å²) in [5.74, 6) is -1.45. The molecule has 0 fully saturated rings. The monoisotopic (exact) mass is 271 g/mol. The van der Waals surface area contributed by atoms with E-state index in [-0.39, 0.29) is 23.5 Å². The number of rotatable bonds is 4. The molecule has 0 amide bonds. The van der Waals surface area contributed by atoms with Gasteiger partial charge in [0.05, 0.1) is 18.1 Å². The topological polar surface area (TPSA) is 70.3 Å². The van der Waals surface area contributed by atoms with Gasteiger partial charge in [0.1, 0.15) is 5.75 Å². The van der Waals surface area contributed by atoms with Crippen LogP contribution in [-0.4, -0.2) is 11.1 Å². The normalized spacial score (nSPS) is 9.80. The van der Waals surface area contributed by atoms with Crippen molar-refractivity contribution in [1.82, 2.24) is 0 Å². The minimum absolute atomic E-state index is 0.0539. The molecule has 0 unspecified atom stereocenters. The van der Waals surface area contributed by atoms with E-state index in [4.69, 9.17) is 15.1 Å². The Hall–Kier alpha value is -2.87. The first-order chi connectivity index (χ1) is 9.60. The summed E-state index contributed by atoms with van der Waals surface area (Å²) in [5.41, 5.74) is 0.637. The summed E-state index contributed by atoms with van der Waals surface area (Å²) in [6, 6.07) is 12.2. The van der Waals surface area contributed by atoms with Gasteiger partial charge in [0, 0.05) is 5.56 Å². The third-order valence-corrected chi connectivity index (χ3v) is 2.60. The molecular formula is C15H10FNO3. The minimum Gasteiger partial charge on any atom is -0.481 e. The first-order valence-electron chi connectivity index (χ1n) is 5.77. The summed E-state index contributed by atoms with van der Waals surface area (Å²) in [4.78, 5) is 10.8. The Morgan fingerprint density at radius 1 is 1.25 bits per heavy atom. The Morgan fingerprint density at radius 3 is 2.65 bits per heavy atom. The summed E-state index contributed by atoms with van der Waals surface area (Å²) < 4.78 is 19.1. The zero-order valence-corrected chi connectivity index (χ0v) is 10.3. The highest BCUT2D eigenvalue weighted by Gasteiger charge is 2.11. The number of ether oxygens (including phenoxy) is 1. The van der Waals surface area contributed by atoms with Gasteiger partial charge in [-0.3, -0.25) is 4.79 Å². The highest BCUT2D eigenvalue weighted by molar-refractivity contribution is 5.71. The van der Waals surface area contributed by atoms with Gasteiger partial charge in [-0.1, -0.05) is 18.2 Å². The number of carboxylic acid groups (broad SMARTS) is 1. The van der Waals surface area contributed by atoms with Crippen LogP contribution in [0.1, 0.15) is 11.1 Å². The number of hydrogen-bond donors (Lipinski definition) is 1. The van der Waals surface area contributed by atoms with Gasteiger partial charge >= 0.3 is 5.97 Å². The Morgan fingerprint density at radius 2 is 2.00 bits per heavy atom. The van der Waals surface area contributed by atoms with Crippen molar-refractivity contribution < 1.29 is 19.0 Å².